The first-order valence-corrected chi connectivity index (χ1v) is 29.6. The number of rotatable bonds is 16. The first-order valence-electron chi connectivity index (χ1n) is 23.5. The fraction of sp³-hybridized carbons (Fsp3) is 0.288. The fourth-order valence-electron chi connectivity index (χ4n) is 6.16. The summed E-state index contributed by atoms with van der Waals surface area (Å²) in [7, 11) is 0. The maximum atomic E-state index is 11.0. The van der Waals surface area contributed by atoms with E-state index in [0.29, 0.717) is 28.7 Å². The molecule has 8 aromatic rings. The normalized spacial score (nSPS) is 13.1. The Labute approximate surface area is 475 Å². The van der Waals surface area contributed by atoms with Gasteiger partial charge in [0.2, 0.25) is 0 Å². The molecule has 382 valence electrons. The second kappa shape index (κ2) is 29.2. The summed E-state index contributed by atoms with van der Waals surface area (Å²) in [6.07, 6.45) is 16.6. The van der Waals surface area contributed by atoms with Gasteiger partial charge in [-0.15, -0.1) is 34.0 Å². The zero-order valence-electron chi connectivity index (χ0n) is 40.1. The van der Waals surface area contributed by atoms with E-state index >= 15 is 0 Å². The smallest absolute Gasteiger partial charge is 0.183 e. The first kappa shape index (κ1) is 56.5. The summed E-state index contributed by atoms with van der Waals surface area (Å²) in [5.41, 5.74) is 14.1. The molecular weight excluding hydrogens is 1250 g/mol. The largest absolute Gasteiger partial charge is 0.361 e. The van der Waals surface area contributed by atoms with Crippen LogP contribution in [0.25, 0.3) is 33.8 Å². The number of pyridine rings is 5. The van der Waals surface area contributed by atoms with Crippen molar-refractivity contribution in [3.63, 3.8) is 0 Å². The fourth-order valence-corrected chi connectivity index (χ4v) is 9.38. The van der Waals surface area contributed by atoms with Crippen LogP contribution in [0.3, 0.4) is 0 Å². The Morgan fingerprint density at radius 1 is 0.581 bits per heavy atom. The summed E-state index contributed by atoms with van der Waals surface area (Å²) < 4.78 is 2.34. The van der Waals surface area contributed by atoms with E-state index in [-0.39, 0.29) is 11.6 Å². The minimum Gasteiger partial charge on any atom is -0.361 e. The predicted molar refractivity (Wildman–Crippen MR) is 312 cm³/mol. The van der Waals surface area contributed by atoms with Crippen molar-refractivity contribution in [3.8, 4) is 39.8 Å². The number of nitrogens with zero attached hydrogens (tertiary/aromatic N) is 9. The molecule has 8 heterocycles. The van der Waals surface area contributed by atoms with Crippen molar-refractivity contribution in [3.05, 3.63) is 144 Å². The summed E-state index contributed by atoms with van der Waals surface area (Å²) in [4.78, 5) is 55.7. The number of carbonyl (C=O) groups excluding carboxylic acids is 2. The molecule has 3 aliphatic rings. The monoisotopic (exact) mass is 1300 g/mol. The topological polar surface area (TPSA) is 223 Å². The molecule has 74 heavy (non-hydrogen) atoms. The lowest BCUT2D eigenvalue weighted by Crippen LogP contribution is -2.02. The van der Waals surface area contributed by atoms with Gasteiger partial charge in [-0.1, -0.05) is 15.9 Å². The summed E-state index contributed by atoms with van der Waals surface area (Å²) in [5, 5.41) is 28.3. The van der Waals surface area contributed by atoms with Crippen LogP contribution in [0, 0.1) is 29.1 Å². The summed E-state index contributed by atoms with van der Waals surface area (Å²) >= 11 is 17.7. The van der Waals surface area contributed by atoms with E-state index in [1.165, 1.54) is 45.4 Å². The zero-order chi connectivity index (χ0) is 52.2. The van der Waals surface area contributed by atoms with E-state index in [1.54, 1.807) is 82.9 Å². The number of Topliss-reactive ketones (excluding diaryl/α,β-unsaturated/α-hetero) is 2. The molecule has 11 rings (SSSR count). The van der Waals surface area contributed by atoms with Gasteiger partial charge in [0.25, 0.3) is 0 Å². The molecule has 3 saturated carbocycles. The van der Waals surface area contributed by atoms with Gasteiger partial charge < -0.3 is 21.7 Å². The molecule has 15 nitrogen and oxygen atoms in total. The summed E-state index contributed by atoms with van der Waals surface area (Å²) in [5.74, 6) is 2.67. The second-order valence-corrected chi connectivity index (χ2v) is 22.7. The maximum Gasteiger partial charge on any atom is 0.183 e. The van der Waals surface area contributed by atoms with Crippen LogP contribution in [-0.4, -0.2) is 76.4 Å². The Bertz CT molecular complexity index is 3050. The lowest BCUT2D eigenvalue weighted by atomic mass is 10.2. The van der Waals surface area contributed by atoms with Crippen LogP contribution in [0.1, 0.15) is 77.6 Å². The van der Waals surface area contributed by atoms with Gasteiger partial charge in [0, 0.05) is 101 Å². The number of nitriles is 1. The van der Waals surface area contributed by atoms with Gasteiger partial charge in [-0.05, 0) is 172 Å². The third-order valence-electron chi connectivity index (χ3n) is 11.1. The van der Waals surface area contributed by atoms with E-state index < -0.39 is 0 Å². The van der Waals surface area contributed by atoms with Crippen LogP contribution < -0.4 is 21.7 Å². The SMILES string of the molecule is Brc1ccc(-c2csc(NCC3CC3)n2)cn1.CC(=O)c1ccc(Br)nc1.N#Cc1ccc(-c2csc(NCC3CC3)n2)cn1.NCc1ccc(-c2csc(NCC3CC3)n2)cn1.O=C(CBr)c1ccc(Br)nc1. The third kappa shape index (κ3) is 19.5. The molecule has 0 radical (unpaired) electrons. The molecule has 3 aliphatic carbocycles. The van der Waals surface area contributed by atoms with Crippen molar-refractivity contribution >= 4 is 125 Å². The van der Waals surface area contributed by atoms with Crippen LogP contribution in [0.4, 0.5) is 15.4 Å². The van der Waals surface area contributed by atoms with Crippen LogP contribution in [0.2, 0.25) is 0 Å². The Kier molecular flexibility index (Phi) is 22.3. The average molecular weight is 1310 g/mol. The van der Waals surface area contributed by atoms with E-state index in [4.69, 9.17) is 11.0 Å². The number of anilines is 3. The molecule has 0 amide bonds. The molecule has 0 spiro atoms. The Morgan fingerprint density at radius 3 is 1.31 bits per heavy atom. The minimum absolute atomic E-state index is 0.0417. The molecule has 0 unspecified atom stereocenters. The number of nitrogens with one attached hydrogen (secondary N) is 3. The molecule has 3 fully saturated rings. The Hall–Kier alpha value is -5.25. The quantitative estimate of drug-likeness (QED) is 0.0401. The Morgan fingerprint density at radius 2 is 0.986 bits per heavy atom. The average Bonchev–Trinajstić information content (AvgIpc) is 4.42. The number of aromatic nitrogens is 8. The predicted octanol–water partition coefficient (Wildman–Crippen LogP) is 13.6. The molecule has 5 N–H and O–H groups in total. The van der Waals surface area contributed by atoms with Crippen molar-refractivity contribution in [2.75, 3.05) is 40.9 Å². The summed E-state index contributed by atoms with van der Waals surface area (Å²) in [6.45, 7) is 5.14. The number of alkyl halides is 1. The van der Waals surface area contributed by atoms with E-state index in [1.807, 2.05) is 54.2 Å². The minimum atomic E-state index is 0.0417. The molecule has 0 aromatic carbocycles. The van der Waals surface area contributed by atoms with Crippen LogP contribution >= 0.6 is 97.7 Å². The highest BCUT2D eigenvalue weighted by Crippen LogP contribution is 2.33. The van der Waals surface area contributed by atoms with Gasteiger partial charge in [-0.25, -0.2) is 34.9 Å². The molecule has 8 aromatic heterocycles. The Balaban J connectivity index is 0.000000138. The van der Waals surface area contributed by atoms with E-state index in [2.05, 4.69) is 130 Å². The number of hydrogen-bond donors (Lipinski definition) is 4. The molecule has 22 heteroatoms. The second-order valence-electron chi connectivity index (χ2n) is 17.1. The zero-order valence-corrected chi connectivity index (χ0v) is 48.9. The number of thiazole rings is 3. The van der Waals surface area contributed by atoms with Gasteiger partial charge in [0.1, 0.15) is 25.6 Å². The number of ketones is 2. The standard InChI is InChI=1S/C13H16N4S.C13H12N4S.C12H12BrN3S.C7H5Br2NO.C7H6BrNO/c2*14-5-11-4-3-10(7-15-11)12-8-18-13(17-12)16-6-9-1-2-9;13-11-4-3-9(6-14-11)10-7-17-12(16-10)15-5-8-1-2-8;8-3-6(11)5-1-2-7(9)10-4-5;1-5(10)6-2-3-7(8)9-4-6/h3-4,7-9H,1-2,5-6,14H2,(H,16,17);3-4,7-9H,1-2,6H2,(H,16,17);3-4,6-8H,1-2,5H2,(H,15,16);1-2,4H,3H2;2-4H,1H3. The first-order chi connectivity index (χ1) is 35.9. The molecule has 0 atom stereocenters. The maximum absolute atomic E-state index is 11.0. The van der Waals surface area contributed by atoms with E-state index in [9.17, 15) is 9.59 Å². The lowest BCUT2D eigenvalue weighted by Gasteiger charge is -2.00. The summed E-state index contributed by atoms with van der Waals surface area (Å²) in [6, 6.07) is 20.5. The van der Waals surface area contributed by atoms with Crippen LogP contribution in [0.15, 0.2) is 122 Å². The van der Waals surface area contributed by atoms with Crippen LogP contribution in [-0.2, 0) is 6.54 Å². The van der Waals surface area contributed by atoms with Gasteiger partial charge in [0.15, 0.2) is 27.0 Å². The highest BCUT2D eigenvalue weighted by atomic mass is 79.9. The van der Waals surface area contributed by atoms with Crippen molar-refractivity contribution in [1.82, 2.24) is 39.9 Å². The number of carbonyl (C=O) groups is 2. The van der Waals surface area contributed by atoms with Crippen molar-refractivity contribution in [2.24, 2.45) is 23.5 Å². The number of nitrogens with two attached hydrogens (primary N) is 1. The highest BCUT2D eigenvalue weighted by molar-refractivity contribution is 9.11. The van der Waals surface area contributed by atoms with Gasteiger partial charge in [-0.3, -0.25) is 14.6 Å². The number of halogens is 4. The van der Waals surface area contributed by atoms with Crippen molar-refractivity contribution in [2.45, 2.75) is 52.0 Å². The van der Waals surface area contributed by atoms with Crippen molar-refractivity contribution < 1.29 is 9.59 Å². The molecule has 0 bridgehead atoms. The molecule has 0 saturated heterocycles. The molecular formula is C52H51Br4N13O2S3. The van der Waals surface area contributed by atoms with Crippen molar-refractivity contribution in [1.29, 1.82) is 5.26 Å². The lowest BCUT2D eigenvalue weighted by molar-refractivity contribution is 0.101. The molecule has 0 aliphatic heterocycles. The highest BCUT2D eigenvalue weighted by Gasteiger charge is 2.23. The van der Waals surface area contributed by atoms with Crippen LogP contribution in [0.5, 0.6) is 0 Å². The van der Waals surface area contributed by atoms with Gasteiger partial charge in [0.05, 0.1) is 28.1 Å². The number of hydrogen-bond acceptors (Lipinski definition) is 18. The van der Waals surface area contributed by atoms with E-state index in [0.717, 1.165) is 106 Å². The van der Waals surface area contributed by atoms with Gasteiger partial charge in [-0.2, -0.15) is 5.26 Å². The van der Waals surface area contributed by atoms with Gasteiger partial charge >= 0.3 is 0 Å². The third-order valence-corrected chi connectivity index (χ3v) is 15.4.